The third-order valence-electron chi connectivity index (χ3n) is 4.50. The van der Waals surface area contributed by atoms with E-state index >= 15 is 0 Å². The first-order valence-corrected chi connectivity index (χ1v) is 10.5. The Bertz CT molecular complexity index is 1050. The van der Waals surface area contributed by atoms with E-state index in [0.29, 0.717) is 12.2 Å². The highest BCUT2D eigenvalue weighted by atomic mass is 32.2. The standard InChI is InChI=1S/C24H24N2O3S/c1-17-10-12-20(13-11-17)25-23(27)22-9-5-15-26(22)14-4-7-19-6-3-8-21(16-19)30-18(2)24(28)29/h3-13,15-16,18H,14H2,1-2H3,(H,25,27)(H,28,29). The minimum atomic E-state index is -0.829. The smallest absolute Gasteiger partial charge is 0.316 e. The Balaban J connectivity index is 1.63. The average molecular weight is 421 g/mol. The number of nitrogens with zero attached hydrogens (tertiary/aromatic N) is 1. The number of carboxylic acid groups (broad SMARTS) is 1. The number of carbonyl (C=O) groups excluding carboxylic acids is 1. The maximum Gasteiger partial charge on any atom is 0.316 e. The molecule has 0 aliphatic heterocycles. The minimum Gasteiger partial charge on any atom is -0.480 e. The molecule has 1 aromatic heterocycles. The van der Waals surface area contributed by atoms with Crippen molar-refractivity contribution < 1.29 is 14.7 Å². The Morgan fingerprint density at radius 2 is 1.90 bits per heavy atom. The summed E-state index contributed by atoms with van der Waals surface area (Å²) < 4.78 is 1.88. The van der Waals surface area contributed by atoms with Crippen LogP contribution in [0.3, 0.4) is 0 Å². The van der Waals surface area contributed by atoms with Crippen molar-refractivity contribution in [2.75, 3.05) is 5.32 Å². The van der Waals surface area contributed by atoms with Crippen LogP contribution in [0.15, 0.2) is 77.8 Å². The van der Waals surface area contributed by atoms with Crippen LogP contribution in [0.1, 0.15) is 28.5 Å². The van der Waals surface area contributed by atoms with Crippen LogP contribution in [-0.2, 0) is 11.3 Å². The molecule has 0 fully saturated rings. The molecule has 1 heterocycles. The number of carbonyl (C=O) groups is 2. The fraction of sp³-hybridized carbons (Fsp3) is 0.167. The molecule has 0 aliphatic carbocycles. The first kappa shape index (κ1) is 21.5. The van der Waals surface area contributed by atoms with Crippen molar-refractivity contribution in [3.63, 3.8) is 0 Å². The van der Waals surface area contributed by atoms with Gasteiger partial charge in [0.05, 0.1) is 0 Å². The van der Waals surface area contributed by atoms with Crippen molar-refractivity contribution in [1.82, 2.24) is 4.57 Å². The Kier molecular flexibility index (Phi) is 7.14. The summed E-state index contributed by atoms with van der Waals surface area (Å²) in [6.45, 7) is 4.22. The van der Waals surface area contributed by atoms with E-state index < -0.39 is 11.2 Å². The molecule has 6 heteroatoms. The van der Waals surface area contributed by atoms with Gasteiger partial charge in [-0.3, -0.25) is 9.59 Å². The Morgan fingerprint density at radius 3 is 2.63 bits per heavy atom. The van der Waals surface area contributed by atoms with Crippen LogP contribution in [-0.4, -0.2) is 26.8 Å². The van der Waals surface area contributed by atoms with E-state index in [0.717, 1.165) is 21.7 Å². The Morgan fingerprint density at radius 1 is 1.13 bits per heavy atom. The molecule has 5 nitrogen and oxygen atoms in total. The monoisotopic (exact) mass is 420 g/mol. The van der Waals surface area contributed by atoms with E-state index in [1.54, 1.807) is 13.0 Å². The summed E-state index contributed by atoms with van der Waals surface area (Å²) in [6, 6.07) is 19.1. The molecule has 1 amide bonds. The molecule has 1 unspecified atom stereocenters. The summed E-state index contributed by atoms with van der Waals surface area (Å²) in [7, 11) is 0. The number of aromatic nitrogens is 1. The number of thioether (sulfide) groups is 1. The summed E-state index contributed by atoms with van der Waals surface area (Å²) in [5.41, 5.74) is 3.47. The number of amides is 1. The molecular formula is C24H24N2O3S. The highest BCUT2D eigenvalue weighted by Gasteiger charge is 2.12. The molecule has 0 radical (unpaired) electrons. The van der Waals surface area contributed by atoms with Crippen molar-refractivity contribution >= 4 is 35.4 Å². The van der Waals surface area contributed by atoms with Crippen LogP contribution in [0.2, 0.25) is 0 Å². The van der Waals surface area contributed by atoms with E-state index in [9.17, 15) is 9.59 Å². The number of nitrogens with one attached hydrogen (secondary N) is 1. The second kappa shape index (κ2) is 9.98. The number of rotatable bonds is 8. The summed E-state index contributed by atoms with van der Waals surface area (Å²) in [5.74, 6) is -0.983. The van der Waals surface area contributed by atoms with E-state index in [1.165, 1.54) is 11.8 Å². The lowest BCUT2D eigenvalue weighted by molar-refractivity contribution is -0.136. The SMILES string of the molecule is Cc1ccc(NC(=O)c2cccn2CC=Cc2cccc(SC(C)C(=O)O)c2)cc1. The minimum absolute atomic E-state index is 0.154. The number of anilines is 1. The second-order valence-corrected chi connectivity index (χ2v) is 8.35. The lowest BCUT2D eigenvalue weighted by Gasteiger charge is -2.09. The number of aryl methyl sites for hydroxylation is 1. The van der Waals surface area contributed by atoms with Crippen molar-refractivity contribution in [3.8, 4) is 0 Å². The third-order valence-corrected chi connectivity index (χ3v) is 5.58. The zero-order chi connectivity index (χ0) is 21.5. The van der Waals surface area contributed by atoms with Crippen molar-refractivity contribution in [3.05, 3.63) is 89.8 Å². The third kappa shape index (κ3) is 5.87. The van der Waals surface area contributed by atoms with Crippen LogP contribution >= 0.6 is 11.8 Å². The molecular weight excluding hydrogens is 396 g/mol. The van der Waals surface area contributed by atoms with Gasteiger partial charge in [-0.2, -0.15) is 0 Å². The van der Waals surface area contributed by atoms with Crippen molar-refractivity contribution in [2.45, 2.75) is 30.5 Å². The number of carboxylic acids is 1. The fourth-order valence-corrected chi connectivity index (χ4v) is 3.73. The second-order valence-electron chi connectivity index (χ2n) is 6.94. The first-order valence-electron chi connectivity index (χ1n) is 9.61. The van der Waals surface area contributed by atoms with Crippen molar-refractivity contribution in [2.24, 2.45) is 0 Å². The van der Waals surface area contributed by atoms with Crippen LogP contribution < -0.4 is 5.32 Å². The summed E-state index contributed by atoms with van der Waals surface area (Å²) in [5, 5.41) is 11.5. The number of benzene rings is 2. The number of hydrogen-bond acceptors (Lipinski definition) is 3. The molecule has 2 aromatic carbocycles. The Labute approximate surface area is 180 Å². The van der Waals surface area contributed by atoms with E-state index in [4.69, 9.17) is 5.11 Å². The van der Waals surface area contributed by atoms with Gasteiger partial charge in [0.15, 0.2) is 0 Å². The molecule has 0 saturated heterocycles. The molecule has 154 valence electrons. The van der Waals surface area contributed by atoms with Crippen LogP contribution in [0, 0.1) is 6.92 Å². The molecule has 30 heavy (non-hydrogen) atoms. The van der Waals surface area contributed by atoms with Crippen LogP contribution in [0.4, 0.5) is 5.69 Å². The molecule has 0 aliphatic rings. The first-order chi connectivity index (χ1) is 14.4. The topological polar surface area (TPSA) is 71.3 Å². The lowest BCUT2D eigenvalue weighted by Crippen LogP contribution is -2.16. The van der Waals surface area contributed by atoms with E-state index in [1.807, 2.05) is 84.4 Å². The summed E-state index contributed by atoms with van der Waals surface area (Å²) in [4.78, 5) is 24.6. The van der Waals surface area contributed by atoms with Gasteiger partial charge in [-0.25, -0.2) is 0 Å². The average Bonchev–Trinajstić information content (AvgIpc) is 3.18. The molecule has 3 rings (SSSR count). The summed E-state index contributed by atoms with van der Waals surface area (Å²) >= 11 is 1.31. The molecule has 2 N–H and O–H groups in total. The van der Waals surface area contributed by atoms with Gasteiger partial charge < -0.3 is 15.0 Å². The zero-order valence-corrected chi connectivity index (χ0v) is 17.7. The van der Waals surface area contributed by atoms with Crippen LogP contribution in [0.5, 0.6) is 0 Å². The maximum atomic E-state index is 12.6. The Hall–Kier alpha value is -3.25. The molecule has 0 saturated carbocycles. The fourth-order valence-electron chi connectivity index (χ4n) is 2.86. The van der Waals surface area contributed by atoms with E-state index in [-0.39, 0.29) is 5.91 Å². The van der Waals surface area contributed by atoms with Gasteiger partial charge in [-0.15, -0.1) is 11.8 Å². The van der Waals surface area contributed by atoms with Crippen molar-refractivity contribution in [1.29, 1.82) is 0 Å². The van der Waals surface area contributed by atoms with E-state index in [2.05, 4.69) is 5.32 Å². The predicted octanol–water partition coefficient (Wildman–Crippen LogP) is 5.33. The van der Waals surface area contributed by atoms with Gasteiger partial charge in [-0.05, 0) is 55.8 Å². The molecule has 1 atom stereocenters. The normalized spacial score (nSPS) is 12.1. The number of hydrogen-bond donors (Lipinski definition) is 2. The highest BCUT2D eigenvalue weighted by molar-refractivity contribution is 8.00. The van der Waals surface area contributed by atoms with Gasteiger partial charge in [0, 0.05) is 23.3 Å². The maximum absolute atomic E-state index is 12.6. The number of aliphatic carboxylic acids is 1. The molecule has 3 aromatic rings. The molecule has 0 bridgehead atoms. The van der Waals surface area contributed by atoms with Crippen LogP contribution in [0.25, 0.3) is 6.08 Å². The quantitative estimate of drug-likeness (QED) is 0.483. The van der Waals surface area contributed by atoms with Gasteiger partial charge >= 0.3 is 5.97 Å². The van der Waals surface area contributed by atoms with Gasteiger partial charge in [0.2, 0.25) is 0 Å². The largest absolute Gasteiger partial charge is 0.480 e. The zero-order valence-electron chi connectivity index (χ0n) is 16.9. The number of allylic oxidation sites excluding steroid dienone is 1. The molecule has 0 spiro atoms. The van der Waals surface area contributed by atoms with Gasteiger partial charge in [0.1, 0.15) is 10.9 Å². The highest BCUT2D eigenvalue weighted by Crippen LogP contribution is 2.24. The van der Waals surface area contributed by atoms with Gasteiger partial charge in [0.25, 0.3) is 5.91 Å². The van der Waals surface area contributed by atoms with Gasteiger partial charge in [-0.1, -0.05) is 42.0 Å². The predicted molar refractivity (Wildman–Crippen MR) is 122 cm³/mol. The summed E-state index contributed by atoms with van der Waals surface area (Å²) in [6.07, 6.45) is 5.82. The lowest BCUT2D eigenvalue weighted by atomic mass is 10.2.